The van der Waals surface area contributed by atoms with Crippen LogP contribution in [0.1, 0.15) is 28.8 Å². The minimum Gasteiger partial charge on any atom is -0.484 e. The summed E-state index contributed by atoms with van der Waals surface area (Å²) in [6.07, 6.45) is 4.49. The van der Waals surface area contributed by atoms with Crippen molar-refractivity contribution in [3.05, 3.63) is 235 Å². The van der Waals surface area contributed by atoms with Crippen molar-refractivity contribution in [2.75, 3.05) is 0 Å². The van der Waals surface area contributed by atoms with Crippen LogP contribution in [0.5, 0.6) is 5.75 Å². The average Bonchev–Trinajstić information content (AvgIpc) is 4.29. The van der Waals surface area contributed by atoms with E-state index < -0.39 is 0 Å². The van der Waals surface area contributed by atoms with Crippen LogP contribution in [0.2, 0.25) is 0 Å². The van der Waals surface area contributed by atoms with Crippen LogP contribution in [0.15, 0.2) is 227 Å². The van der Waals surface area contributed by atoms with Gasteiger partial charge in [-0.3, -0.25) is 0 Å². The second-order valence-electron chi connectivity index (χ2n) is 19.5. The summed E-state index contributed by atoms with van der Waals surface area (Å²) in [5, 5.41) is 10.4. The van der Waals surface area contributed by atoms with Crippen molar-refractivity contribution in [2.24, 2.45) is 0 Å². The highest BCUT2D eigenvalue weighted by molar-refractivity contribution is 6.15. The predicted octanol–water partition coefficient (Wildman–Crippen LogP) is 17.5. The molecule has 6 nitrogen and oxygen atoms in total. The van der Waals surface area contributed by atoms with Gasteiger partial charge in [0.1, 0.15) is 34.2 Å². The summed E-state index contributed by atoms with van der Waals surface area (Å²) in [5.41, 5.74) is 18.5. The zero-order chi connectivity index (χ0) is 46.8. The van der Waals surface area contributed by atoms with E-state index in [4.69, 9.17) is 13.6 Å². The van der Waals surface area contributed by atoms with Crippen LogP contribution >= 0.6 is 0 Å². The van der Waals surface area contributed by atoms with Crippen molar-refractivity contribution >= 4 is 104 Å². The Morgan fingerprint density at radius 3 is 1.65 bits per heavy atom. The Morgan fingerprint density at radius 2 is 0.875 bits per heavy atom. The third kappa shape index (κ3) is 5.12. The largest absolute Gasteiger partial charge is 0.484 e. The molecule has 6 heterocycles. The lowest BCUT2D eigenvalue weighted by Crippen LogP contribution is -2.13. The maximum Gasteiger partial charge on any atom is 0.137 e. The van der Waals surface area contributed by atoms with Gasteiger partial charge >= 0.3 is 0 Å². The number of hydrogen-bond acceptors (Lipinski definition) is 3. The van der Waals surface area contributed by atoms with Gasteiger partial charge in [0.05, 0.1) is 38.7 Å². The summed E-state index contributed by atoms with van der Waals surface area (Å²) in [5.74, 6) is 1.02. The molecule has 0 bridgehead atoms. The number of nitrogens with zero attached hydrogens (tertiary/aromatic N) is 3. The lowest BCUT2D eigenvalue weighted by molar-refractivity contribution is 0.227. The van der Waals surface area contributed by atoms with Gasteiger partial charge in [-0.1, -0.05) is 115 Å². The average molecular weight is 922 g/mol. The van der Waals surface area contributed by atoms with Gasteiger partial charge in [0.15, 0.2) is 0 Å². The fraction of sp³-hybridized carbons (Fsp3) is 0.0303. The Balaban J connectivity index is 0.793. The number of ether oxygens (including phenoxy) is 1. The molecule has 72 heavy (non-hydrogen) atoms. The van der Waals surface area contributed by atoms with Gasteiger partial charge < -0.3 is 27.3 Å². The molecule has 0 amide bonds. The van der Waals surface area contributed by atoms with E-state index in [9.17, 15) is 0 Å². The minimum absolute atomic E-state index is 0.0525. The van der Waals surface area contributed by atoms with Gasteiger partial charge in [-0.25, -0.2) is 0 Å². The molecule has 0 radical (unpaired) electrons. The molecule has 0 spiro atoms. The van der Waals surface area contributed by atoms with Gasteiger partial charge in [0, 0.05) is 77.2 Å². The first-order valence-corrected chi connectivity index (χ1v) is 24.7. The van der Waals surface area contributed by atoms with Crippen molar-refractivity contribution in [3.63, 3.8) is 0 Å². The Hall–Kier alpha value is -9.52. The quantitative estimate of drug-likeness (QED) is 0.177. The van der Waals surface area contributed by atoms with E-state index in [-0.39, 0.29) is 12.0 Å². The first-order chi connectivity index (χ1) is 35.7. The number of aromatic nitrogens is 3. The van der Waals surface area contributed by atoms with Crippen LogP contribution in [-0.2, 0) is 0 Å². The molecule has 0 saturated carbocycles. The van der Waals surface area contributed by atoms with Gasteiger partial charge in [-0.05, 0) is 120 Å². The van der Waals surface area contributed by atoms with Gasteiger partial charge in [0.2, 0.25) is 0 Å². The van der Waals surface area contributed by atoms with Crippen molar-refractivity contribution < 1.29 is 13.6 Å². The van der Waals surface area contributed by atoms with Crippen LogP contribution < -0.4 is 4.74 Å². The lowest BCUT2D eigenvalue weighted by atomic mass is 9.85. The van der Waals surface area contributed by atoms with Crippen LogP contribution in [0.3, 0.4) is 0 Å². The fourth-order valence-corrected chi connectivity index (χ4v) is 12.7. The van der Waals surface area contributed by atoms with E-state index in [0.717, 1.165) is 105 Å². The van der Waals surface area contributed by atoms with E-state index in [1.54, 1.807) is 0 Å². The van der Waals surface area contributed by atoms with E-state index in [2.05, 4.69) is 226 Å². The van der Waals surface area contributed by atoms with Gasteiger partial charge in [0.25, 0.3) is 0 Å². The molecule has 17 rings (SSSR count). The number of furan rings is 2. The number of para-hydroxylation sites is 5. The molecule has 2 atom stereocenters. The minimum atomic E-state index is -0.204. The first kappa shape index (κ1) is 38.3. The van der Waals surface area contributed by atoms with E-state index in [1.807, 2.05) is 12.1 Å². The highest BCUT2D eigenvalue weighted by Gasteiger charge is 2.41. The molecule has 5 aromatic heterocycles. The van der Waals surface area contributed by atoms with Gasteiger partial charge in [-0.2, -0.15) is 0 Å². The van der Waals surface area contributed by atoms with E-state index >= 15 is 0 Å². The first-order valence-electron chi connectivity index (χ1n) is 24.7. The van der Waals surface area contributed by atoms with Crippen molar-refractivity contribution in [1.29, 1.82) is 0 Å². The second kappa shape index (κ2) is 14.1. The SMILES string of the molecule is C1=CC2c3ccc4c(c3OC2c2c1n(-c1ccc3oc5ccc(-c6ccc7oc8ccccc8c7c6)cc5c3c1)c1ccccc21)c1ccccc1n4-c1ccc2c(c1)c1ccccc1n2-c1ccccc1. The number of benzene rings is 10. The highest BCUT2D eigenvalue weighted by Crippen LogP contribution is 2.56. The second-order valence-corrected chi connectivity index (χ2v) is 19.5. The molecule has 2 aliphatic rings. The summed E-state index contributed by atoms with van der Waals surface area (Å²) < 4.78 is 27.4. The summed E-state index contributed by atoms with van der Waals surface area (Å²) in [6.45, 7) is 0. The van der Waals surface area contributed by atoms with Crippen LogP contribution in [0.25, 0.3) is 133 Å². The molecule has 336 valence electrons. The molecule has 6 heteroatoms. The maximum atomic E-state index is 7.46. The molecule has 15 aromatic rings. The number of hydrogen-bond donors (Lipinski definition) is 0. The molecular formula is C66H39N3O3. The molecule has 1 aliphatic heterocycles. The highest BCUT2D eigenvalue weighted by atomic mass is 16.5. The maximum absolute atomic E-state index is 7.46. The molecule has 0 fully saturated rings. The van der Waals surface area contributed by atoms with E-state index in [0.29, 0.717) is 0 Å². The van der Waals surface area contributed by atoms with Gasteiger partial charge in [-0.15, -0.1) is 0 Å². The fourth-order valence-electron chi connectivity index (χ4n) is 12.7. The Bertz CT molecular complexity index is 4860. The zero-order valence-electron chi connectivity index (χ0n) is 38.6. The zero-order valence-corrected chi connectivity index (χ0v) is 38.6. The van der Waals surface area contributed by atoms with Crippen molar-refractivity contribution in [3.8, 4) is 33.9 Å². The monoisotopic (exact) mass is 921 g/mol. The third-order valence-electron chi connectivity index (χ3n) is 15.8. The topological polar surface area (TPSA) is 50.3 Å². The van der Waals surface area contributed by atoms with Crippen molar-refractivity contribution in [2.45, 2.75) is 12.0 Å². The normalized spacial score (nSPS) is 15.3. The van der Waals surface area contributed by atoms with Crippen molar-refractivity contribution in [1.82, 2.24) is 13.7 Å². The molecule has 1 aliphatic carbocycles. The molecule has 0 saturated heterocycles. The Labute approximate surface area is 411 Å². The van der Waals surface area contributed by atoms with Crippen LogP contribution in [-0.4, -0.2) is 13.7 Å². The molecule has 10 aromatic carbocycles. The Morgan fingerprint density at radius 1 is 0.347 bits per heavy atom. The van der Waals surface area contributed by atoms with Crippen LogP contribution in [0, 0.1) is 0 Å². The standard InChI is InChI=1S/C66H39N3O3/c1-2-12-40(13-3-1)67-53-18-8-4-14-43(53)49-36-41(24-28-56(49)67)68-54-19-9-5-16-47(54)63-57(68)29-26-45-46-27-30-58-64(66(46)72-65(45)63)48-17-6-10-20-55(48)69(58)42-25-33-62-52(37-42)51-35-39(23-32-61(51)71-62)38-22-31-60-50(34-38)44-15-7-11-21-59(44)70-60/h1-37,46,66H. The number of fused-ring (bicyclic) bond motifs is 20. The van der Waals surface area contributed by atoms with E-state index in [1.165, 1.54) is 43.7 Å². The summed E-state index contributed by atoms with van der Waals surface area (Å²) in [7, 11) is 0. The Kier molecular flexibility index (Phi) is 7.49. The molecule has 0 N–H and O–H groups in total. The summed E-state index contributed by atoms with van der Waals surface area (Å²) in [6, 6.07) is 76.4. The number of rotatable bonds is 4. The summed E-state index contributed by atoms with van der Waals surface area (Å²) in [4.78, 5) is 0. The predicted molar refractivity (Wildman–Crippen MR) is 294 cm³/mol. The summed E-state index contributed by atoms with van der Waals surface area (Å²) >= 11 is 0. The van der Waals surface area contributed by atoms with Crippen LogP contribution in [0.4, 0.5) is 0 Å². The lowest BCUT2D eigenvalue weighted by Gasteiger charge is -2.22. The smallest absolute Gasteiger partial charge is 0.137 e. The molecule has 2 unspecified atom stereocenters. The third-order valence-corrected chi connectivity index (χ3v) is 15.8. The molecular weight excluding hydrogens is 883 g/mol.